The van der Waals surface area contributed by atoms with E-state index in [1.807, 2.05) is 25.1 Å². The summed E-state index contributed by atoms with van der Waals surface area (Å²) < 4.78 is 0. The fourth-order valence-electron chi connectivity index (χ4n) is 3.15. The number of nitrogens with zero attached hydrogens (tertiary/aromatic N) is 1. The predicted molar refractivity (Wildman–Crippen MR) is 97.4 cm³/mol. The lowest BCUT2D eigenvalue weighted by molar-refractivity contribution is -0.137. The second kappa shape index (κ2) is 7.43. The molecule has 1 fully saturated rings. The van der Waals surface area contributed by atoms with Gasteiger partial charge in [-0.05, 0) is 62.6 Å². The fraction of sp³-hybridized carbons (Fsp3) is 0.632. The van der Waals surface area contributed by atoms with Crippen LogP contribution in [0.25, 0.3) is 0 Å². The van der Waals surface area contributed by atoms with Gasteiger partial charge < -0.3 is 20.8 Å². The van der Waals surface area contributed by atoms with Crippen molar-refractivity contribution in [2.45, 2.75) is 58.0 Å². The molecule has 1 aromatic carbocycles. The standard InChI is InChI=1S/C19H30N2O3/c1-4-14(10-18(22)23)15-7-8-17(16(20)9-15)21(11-13-5-6-13)12-19(2,3)24/h7-9,13-14,24H,4-6,10-12,20H2,1-3H3,(H,22,23). The van der Waals surface area contributed by atoms with Crippen molar-refractivity contribution in [2.24, 2.45) is 5.92 Å². The molecule has 0 heterocycles. The van der Waals surface area contributed by atoms with Crippen LogP contribution in [0.5, 0.6) is 0 Å². The lowest BCUT2D eigenvalue weighted by Crippen LogP contribution is -2.40. The average molecular weight is 334 g/mol. The fourth-order valence-corrected chi connectivity index (χ4v) is 3.15. The molecule has 1 atom stereocenters. The van der Waals surface area contributed by atoms with Crippen molar-refractivity contribution in [3.8, 4) is 0 Å². The summed E-state index contributed by atoms with van der Waals surface area (Å²) in [5, 5.41) is 19.3. The second-order valence-corrected chi connectivity index (χ2v) is 7.66. The van der Waals surface area contributed by atoms with Crippen LogP contribution in [0.1, 0.15) is 57.9 Å². The highest BCUT2D eigenvalue weighted by atomic mass is 16.4. The van der Waals surface area contributed by atoms with E-state index < -0.39 is 11.6 Å². The summed E-state index contributed by atoms with van der Waals surface area (Å²) >= 11 is 0. The minimum atomic E-state index is -0.796. The maximum absolute atomic E-state index is 11.0. The molecule has 5 nitrogen and oxygen atoms in total. The third-order valence-corrected chi connectivity index (χ3v) is 4.53. The van der Waals surface area contributed by atoms with E-state index in [0.29, 0.717) is 18.2 Å². The molecule has 1 aliphatic rings. The lowest BCUT2D eigenvalue weighted by Gasteiger charge is -2.32. The molecule has 5 heteroatoms. The van der Waals surface area contributed by atoms with Crippen LogP contribution in [0.15, 0.2) is 18.2 Å². The van der Waals surface area contributed by atoms with Gasteiger partial charge in [-0.15, -0.1) is 0 Å². The maximum Gasteiger partial charge on any atom is 0.303 e. The molecule has 0 saturated heterocycles. The Bertz CT molecular complexity index is 576. The van der Waals surface area contributed by atoms with Gasteiger partial charge in [0.15, 0.2) is 0 Å². The van der Waals surface area contributed by atoms with E-state index >= 15 is 0 Å². The molecule has 0 radical (unpaired) electrons. The Morgan fingerprint density at radius 1 is 1.42 bits per heavy atom. The summed E-state index contributed by atoms with van der Waals surface area (Å²) in [6.07, 6.45) is 3.35. The van der Waals surface area contributed by atoms with Crippen LogP contribution in [0.4, 0.5) is 11.4 Å². The largest absolute Gasteiger partial charge is 0.481 e. The molecule has 1 unspecified atom stereocenters. The Morgan fingerprint density at radius 2 is 2.08 bits per heavy atom. The maximum atomic E-state index is 11.0. The summed E-state index contributed by atoms with van der Waals surface area (Å²) in [5.74, 6) is -0.131. The molecule has 4 N–H and O–H groups in total. The molecule has 0 aliphatic heterocycles. The van der Waals surface area contributed by atoms with Crippen LogP contribution in [0.2, 0.25) is 0 Å². The first kappa shape index (κ1) is 18.6. The normalized spacial score (nSPS) is 16.0. The molecular weight excluding hydrogens is 304 g/mol. The molecular formula is C19H30N2O3. The first-order valence-corrected chi connectivity index (χ1v) is 8.78. The van der Waals surface area contributed by atoms with Gasteiger partial charge in [-0.1, -0.05) is 13.0 Å². The number of benzene rings is 1. The van der Waals surface area contributed by atoms with Gasteiger partial charge in [0.25, 0.3) is 0 Å². The van der Waals surface area contributed by atoms with E-state index in [4.69, 9.17) is 10.8 Å². The number of anilines is 2. The zero-order chi connectivity index (χ0) is 17.9. The molecule has 2 rings (SSSR count). The highest BCUT2D eigenvalue weighted by Gasteiger charge is 2.28. The zero-order valence-corrected chi connectivity index (χ0v) is 15.0. The monoisotopic (exact) mass is 334 g/mol. The number of rotatable bonds is 9. The van der Waals surface area contributed by atoms with E-state index in [1.54, 1.807) is 13.8 Å². The van der Waals surface area contributed by atoms with Gasteiger partial charge >= 0.3 is 5.97 Å². The van der Waals surface area contributed by atoms with Crippen LogP contribution in [0.3, 0.4) is 0 Å². The van der Waals surface area contributed by atoms with Crippen LogP contribution >= 0.6 is 0 Å². The third-order valence-electron chi connectivity index (χ3n) is 4.53. The molecule has 0 aromatic heterocycles. The Hall–Kier alpha value is -1.75. The number of aliphatic hydroxyl groups is 1. The molecule has 134 valence electrons. The van der Waals surface area contributed by atoms with Gasteiger partial charge in [-0.3, -0.25) is 4.79 Å². The van der Waals surface area contributed by atoms with E-state index in [-0.39, 0.29) is 12.3 Å². The van der Waals surface area contributed by atoms with E-state index in [9.17, 15) is 9.90 Å². The van der Waals surface area contributed by atoms with Gasteiger partial charge in [-0.2, -0.15) is 0 Å². The SMILES string of the molecule is CCC(CC(=O)O)c1ccc(N(CC2CC2)CC(C)(C)O)c(N)c1. The summed E-state index contributed by atoms with van der Waals surface area (Å²) in [6.45, 7) is 7.03. The van der Waals surface area contributed by atoms with Crippen molar-refractivity contribution < 1.29 is 15.0 Å². The first-order chi connectivity index (χ1) is 11.2. The smallest absolute Gasteiger partial charge is 0.303 e. The molecule has 0 amide bonds. The molecule has 1 saturated carbocycles. The number of hydrogen-bond donors (Lipinski definition) is 3. The summed E-state index contributed by atoms with van der Waals surface area (Å²) in [5.41, 5.74) is 8.04. The van der Waals surface area contributed by atoms with Crippen molar-refractivity contribution in [3.05, 3.63) is 23.8 Å². The minimum absolute atomic E-state index is 0.0231. The van der Waals surface area contributed by atoms with Gasteiger partial charge in [0.05, 0.1) is 23.4 Å². The minimum Gasteiger partial charge on any atom is -0.481 e. The van der Waals surface area contributed by atoms with Crippen LogP contribution < -0.4 is 10.6 Å². The Balaban J connectivity index is 2.23. The number of hydrogen-bond acceptors (Lipinski definition) is 4. The average Bonchev–Trinajstić information content (AvgIpc) is 3.26. The van der Waals surface area contributed by atoms with E-state index in [0.717, 1.165) is 24.2 Å². The molecule has 0 spiro atoms. The molecule has 24 heavy (non-hydrogen) atoms. The molecule has 0 bridgehead atoms. The Kier molecular flexibility index (Phi) is 5.75. The first-order valence-electron chi connectivity index (χ1n) is 8.78. The second-order valence-electron chi connectivity index (χ2n) is 7.66. The highest BCUT2D eigenvalue weighted by Crippen LogP contribution is 2.35. The van der Waals surface area contributed by atoms with Crippen molar-refractivity contribution in [3.63, 3.8) is 0 Å². The Labute approximate surface area is 144 Å². The zero-order valence-electron chi connectivity index (χ0n) is 15.0. The van der Waals surface area contributed by atoms with E-state index in [2.05, 4.69) is 4.90 Å². The summed E-state index contributed by atoms with van der Waals surface area (Å²) in [6, 6.07) is 5.85. The molecule has 1 aromatic rings. The topological polar surface area (TPSA) is 86.8 Å². The van der Waals surface area contributed by atoms with Gasteiger partial charge in [-0.25, -0.2) is 0 Å². The van der Waals surface area contributed by atoms with Gasteiger partial charge in [0, 0.05) is 13.1 Å². The number of carbonyl (C=O) groups is 1. The van der Waals surface area contributed by atoms with Crippen molar-refractivity contribution >= 4 is 17.3 Å². The van der Waals surface area contributed by atoms with Crippen molar-refractivity contribution in [2.75, 3.05) is 23.7 Å². The van der Waals surface area contributed by atoms with Crippen LogP contribution in [-0.4, -0.2) is 34.9 Å². The molecule has 1 aliphatic carbocycles. The number of carboxylic acid groups (broad SMARTS) is 1. The van der Waals surface area contributed by atoms with Gasteiger partial charge in [0.1, 0.15) is 0 Å². The van der Waals surface area contributed by atoms with Crippen LogP contribution in [-0.2, 0) is 4.79 Å². The predicted octanol–water partition coefficient (Wildman–Crippen LogP) is 3.22. The van der Waals surface area contributed by atoms with Crippen LogP contribution in [0, 0.1) is 5.92 Å². The summed E-state index contributed by atoms with van der Waals surface area (Å²) in [4.78, 5) is 13.2. The summed E-state index contributed by atoms with van der Waals surface area (Å²) in [7, 11) is 0. The van der Waals surface area contributed by atoms with Crippen molar-refractivity contribution in [1.82, 2.24) is 0 Å². The lowest BCUT2D eigenvalue weighted by atomic mass is 9.92. The Morgan fingerprint density at radius 3 is 2.54 bits per heavy atom. The number of aliphatic carboxylic acids is 1. The highest BCUT2D eigenvalue weighted by molar-refractivity contribution is 5.71. The number of carboxylic acids is 1. The quantitative estimate of drug-likeness (QED) is 0.604. The van der Waals surface area contributed by atoms with E-state index in [1.165, 1.54) is 12.8 Å². The third kappa shape index (κ3) is 5.41. The number of nitrogen functional groups attached to an aromatic ring is 1. The number of nitrogens with two attached hydrogens (primary N) is 1. The van der Waals surface area contributed by atoms with Crippen molar-refractivity contribution in [1.29, 1.82) is 0 Å². The van der Waals surface area contributed by atoms with Gasteiger partial charge in [0.2, 0.25) is 0 Å².